The Bertz CT molecular complexity index is 1380. The molecule has 1 fully saturated rings. The number of aliphatic carboxylic acids is 2. The van der Waals surface area contributed by atoms with Crippen molar-refractivity contribution in [2.75, 3.05) is 79.0 Å². The van der Waals surface area contributed by atoms with Gasteiger partial charge in [-0.25, -0.2) is 0 Å². The van der Waals surface area contributed by atoms with Gasteiger partial charge in [-0.1, -0.05) is 89.9 Å². The maximum atomic E-state index is 12.8. The third-order valence-electron chi connectivity index (χ3n) is 11.8. The van der Waals surface area contributed by atoms with Crippen LogP contribution in [0.5, 0.6) is 0 Å². The van der Waals surface area contributed by atoms with Gasteiger partial charge in [-0.3, -0.25) is 33.6 Å². The zero-order chi connectivity index (χ0) is 49.7. The van der Waals surface area contributed by atoms with E-state index in [0.717, 1.165) is 57.8 Å². The maximum Gasteiger partial charge on any atom is 0.303 e. The molecular weight excluding hydrogens is 883 g/mol. The summed E-state index contributed by atoms with van der Waals surface area (Å²) < 4.78 is 20.9. The van der Waals surface area contributed by atoms with Gasteiger partial charge in [-0.2, -0.15) is 0 Å². The lowest BCUT2D eigenvalue weighted by Gasteiger charge is -2.28. The van der Waals surface area contributed by atoms with Gasteiger partial charge in [0, 0.05) is 57.8 Å². The quantitative estimate of drug-likeness (QED) is 0.0320. The first kappa shape index (κ1) is 61.8. The van der Waals surface area contributed by atoms with Crippen molar-refractivity contribution in [1.82, 2.24) is 26.6 Å². The first-order valence-electron chi connectivity index (χ1n) is 25.6. The normalized spacial score (nSPS) is 14.9. The van der Waals surface area contributed by atoms with Crippen molar-refractivity contribution in [3.8, 4) is 0 Å². The fraction of sp³-hybridized carbons (Fsp3) is 0.837. The number of carbonyl (C=O) groups excluding carboxylic acids is 6. The number of carbonyl (C=O) groups is 8. The Kier molecular flexibility index (Phi) is 40.0. The van der Waals surface area contributed by atoms with E-state index >= 15 is 0 Å². The Morgan fingerprint density at radius 2 is 0.985 bits per heavy atom. The molecule has 1 saturated carbocycles. The Balaban J connectivity index is 2.07. The molecule has 0 radical (unpaired) electrons. The largest absolute Gasteiger partial charge is 0.481 e. The van der Waals surface area contributed by atoms with Gasteiger partial charge in [0.05, 0.1) is 39.6 Å². The number of aldehydes is 1. The van der Waals surface area contributed by atoms with Crippen LogP contribution in [0.2, 0.25) is 0 Å². The monoisotopic (exact) mass is 970 g/mol. The fourth-order valence-electron chi connectivity index (χ4n) is 7.84. The molecule has 1 aliphatic rings. The first-order chi connectivity index (χ1) is 33.0. The molecule has 0 aromatic rings. The molecule has 0 aliphatic heterocycles. The Hall–Kier alpha value is -4.20. The number of unbranched alkanes of at least 4 members (excludes halogenated alkanes) is 15. The number of carboxylic acid groups (broad SMARTS) is 2. The number of nitrogens with one attached hydrogen (secondary N) is 5. The van der Waals surface area contributed by atoms with Crippen molar-refractivity contribution >= 4 is 47.8 Å². The Morgan fingerprint density at radius 3 is 1.54 bits per heavy atom. The minimum absolute atomic E-state index is 0.0137. The number of hydrogen-bond donors (Lipinski definition) is 7. The first-order valence-corrected chi connectivity index (χ1v) is 25.6. The molecule has 5 amide bonds. The predicted molar refractivity (Wildman–Crippen MR) is 256 cm³/mol. The van der Waals surface area contributed by atoms with Gasteiger partial charge in [-0.15, -0.1) is 0 Å². The molecule has 0 aromatic heterocycles. The molecule has 0 spiro atoms. The highest BCUT2D eigenvalue weighted by Crippen LogP contribution is 2.28. The molecule has 19 nitrogen and oxygen atoms in total. The topological polar surface area (TPSA) is 274 Å². The van der Waals surface area contributed by atoms with Crippen molar-refractivity contribution in [3.05, 3.63) is 0 Å². The van der Waals surface area contributed by atoms with Crippen LogP contribution in [0.4, 0.5) is 0 Å². The van der Waals surface area contributed by atoms with Crippen LogP contribution in [0.3, 0.4) is 0 Å². The van der Waals surface area contributed by atoms with Gasteiger partial charge >= 0.3 is 11.9 Å². The number of carboxylic acids is 2. The molecule has 68 heavy (non-hydrogen) atoms. The highest BCUT2D eigenvalue weighted by atomic mass is 16.5. The van der Waals surface area contributed by atoms with Crippen molar-refractivity contribution < 1.29 is 67.5 Å². The lowest BCUT2D eigenvalue weighted by molar-refractivity contribution is -0.138. The summed E-state index contributed by atoms with van der Waals surface area (Å²) in [5.41, 5.74) is 0. The van der Waals surface area contributed by atoms with E-state index < -0.39 is 29.8 Å². The molecule has 1 aliphatic carbocycles. The average Bonchev–Trinajstić information content (AvgIpc) is 3.32. The van der Waals surface area contributed by atoms with Crippen molar-refractivity contribution in [1.29, 1.82) is 0 Å². The van der Waals surface area contributed by atoms with Crippen LogP contribution in [0, 0.1) is 11.8 Å². The van der Waals surface area contributed by atoms with E-state index in [4.69, 9.17) is 29.2 Å². The Morgan fingerprint density at radius 1 is 0.485 bits per heavy atom. The second-order valence-electron chi connectivity index (χ2n) is 17.7. The number of hydrogen-bond acceptors (Lipinski definition) is 12. The van der Waals surface area contributed by atoms with Gasteiger partial charge in [0.15, 0.2) is 0 Å². The summed E-state index contributed by atoms with van der Waals surface area (Å²) in [6, 6.07) is -1.05. The van der Waals surface area contributed by atoms with Gasteiger partial charge in [0.1, 0.15) is 25.5 Å². The van der Waals surface area contributed by atoms with Crippen LogP contribution in [-0.2, 0) is 57.3 Å². The molecular formula is C49H87N5O14. The summed E-state index contributed by atoms with van der Waals surface area (Å²) in [5, 5.41) is 31.7. The smallest absolute Gasteiger partial charge is 0.303 e. The van der Waals surface area contributed by atoms with E-state index in [1.165, 1.54) is 70.6 Å². The molecule has 1 atom stereocenters. The second-order valence-corrected chi connectivity index (χ2v) is 17.7. The second kappa shape index (κ2) is 44.0. The van der Waals surface area contributed by atoms with Crippen LogP contribution in [0.25, 0.3) is 0 Å². The van der Waals surface area contributed by atoms with Crippen molar-refractivity contribution in [2.24, 2.45) is 11.8 Å². The van der Waals surface area contributed by atoms with E-state index in [0.29, 0.717) is 57.7 Å². The number of rotatable bonds is 47. The van der Waals surface area contributed by atoms with Gasteiger partial charge in [0.2, 0.25) is 29.5 Å². The molecule has 1 unspecified atom stereocenters. The lowest BCUT2D eigenvalue weighted by atomic mass is 9.81. The third-order valence-corrected chi connectivity index (χ3v) is 11.8. The molecule has 1 rings (SSSR count). The zero-order valence-electron chi connectivity index (χ0n) is 41.0. The average molecular weight is 970 g/mol. The highest BCUT2D eigenvalue weighted by molar-refractivity contribution is 5.88. The molecule has 7 N–H and O–H groups in total. The number of amides is 5. The standard InChI is InChI=1S/C49H87N5O14/c55-30-33-67-35-34-65-31-28-50-45(58)39-68-37-36-66-32-29-52-49(64)42(25-26-47(61)62)54-44(57)19-17-27-51-48(63)41-23-21-40(22-24-41)38-53-43(56)18-15-13-11-9-7-5-3-1-2-4-6-8-10-12-14-16-20-46(59)60/h30,40-42H,1-29,31-39H2,(H,50,58)(H,51,63)(H,52,64)(H,53,56)(H,54,57)(H,59,60)(H,61,62). The van der Waals surface area contributed by atoms with Gasteiger partial charge < -0.3 is 60.5 Å². The van der Waals surface area contributed by atoms with Gasteiger partial charge in [0.25, 0.3) is 0 Å². The van der Waals surface area contributed by atoms with Crippen LogP contribution in [-0.4, -0.2) is 143 Å². The summed E-state index contributed by atoms with van der Waals surface area (Å²) in [6.45, 7) is 2.47. The van der Waals surface area contributed by atoms with E-state index in [1.54, 1.807) is 0 Å². The zero-order valence-corrected chi connectivity index (χ0v) is 41.0. The SMILES string of the molecule is O=CCOCCOCCNC(=O)COCCOCCNC(=O)C(CCC(=O)O)NC(=O)CCCNC(=O)C1CCC(CNC(=O)CCCCCCCCCCCCCCCCCCC(=O)O)CC1. The van der Waals surface area contributed by atoms with E-state index in [1.807, 2.05) is 0 Å². The highest BCUT2D eigenvalue weighted by Gasteiger charge is 2.27. The molecule has 0 aromatic carbocycles. The minimum Gasteiger partial charge on any atom is -0.481 e. The van der Waals surface area contributed by atoms with E-state index in [9.17, 15) is 38.4 Å². The van der Waals surface area contributed by atoms with Crippen molar-refractivity contribution in [2.45, 2.75) is 173 Å². The molecule has 0 bridgehead atoms. The van der Waals surface area contributed by atoms with E-state index in [2.05, 4.69) is 26.6 Å². The van der Waals surface area contributed by atoms with E-state index in [-0.39, 0.29) is 95.7 Å². The van der Waals surface area contributed by atoms with Crippen LogP contribution < -0.4 is 26.6 Å². The summed E-state index contributed by atoms with van der Waals surface area (Å²) >= 11 is 0. The Labute approximate surface area is 404 Å². The molecule has 19 heteroatoms. The summed E-state index contributed by atoms with van der Waals surface area (Å²) in [7, 11) is 0. The predicted octanol–water partition coefficient (Wildman–Crippen LogP) is 4.76. The van der Waals surface area contributed by atoms with Gasteiger partial charge in [-0.05, 0) is 57.3 Å². The van der Waals surface area contributed by atoms with Crippen LogP contribution in [0.1, 0.15) is 167 Å². The lowest BCUT2D eigenvalue weighted by Crippen LogP contribution is -2.47. The third kappa shape index (κ3) is 38.7. The van der Waals surface area contributed by atoms with Crippen LogP contribution in [0.15, 0.2) is 0 Å². The summed E-state index contributed by atoms with van der Waals surface area (Å²) in [5.74, 6) is -2.81. The minimum atomic E-state index is -1.10. The fourth-order valence-corrected chi connectivity index (χ4v) is 7.84. The molecule has 0 saturated heterocycles. The summed E-state index contributed by atoms with van der Waals surface area (Å²) in [6.07, 6.45) is 23.5. The number of ether oxygens (including phenoxy) is 4. The molecule has 0 heterocycles. The summed E-state index contributed by atoms with van der Waals surface area (Å²) in [4.78, 5) is 94.4. The van der Waals surface area contributed by atoms with Crippen LogP contribution >= 0.6 is 0 Å². The van der Waals surface area contributed by atoms with Crippen molar-refractivity contribution in [3.63, 3.8) is 0 Å². The maximum absolute atomic E-state index is 12.8. The molecule has 392 valence electrons.